The second-order valence-electron chi connectivity index (χ2n) is 6.46. The second kappa shape index (κ2) is 8.12. The highest BCUT2D eigenvalue weighted by Gasteiger charge is 2.23. The van der Waals surface area contributed by atoms with Gasteiger partial charge in [-0.1, -0.05) is 18.2 Å². The summed E-state index contributed by atoms with van der Waals surface area (Å²) in [5.41, 5.74) is -0.0437. The fraction of sp³-hybridized carbons (Fsp3) is 0.474. The molecule has 2 rings (SSSR count). The fourth-order valence-corrected chi connectivity index (χ4v) is 2.85. The van der Waals surface area contributed by atoms with Gasteiger partial charge in [0.05, 0.1) is 18.0 Å². The number of nitrogens with zero attached hydrogens (tertiary/aromatic N) is 4. The van der Waals surface area contributed by atoms with Crippen LogP contribution in [0.15, 0.2) is 29.1 Å². The van der Waals surface area contributed by atoms with Crippen molar-refractivity contribution >= 4 is 22.6 Å². The van der Waals surface area contributed by atoms with E-state index in [2.05, 4.69) is 5.10 Å². The molecule has 140 valence electrons. The van der Waals surface area contributed by atoms with Gasteiger partial charge in [-0.25, -0.2) is 4.68 Å². The summed E-state index contributed by atoms with van der Waals surface area (Å²) in [6.45, 7) is 8.63. The molecule has 26 heavy (non-hydrogen) atoms. The minimum atomic E-state index is -0.379. The van der Waals surface area contributed by atoms with E-state index in [9.17, 15) is 14.4 Å². The van der Waals surface area contributed by atoms with Crippen LogP contribution < -0.4 is 5.56 Å². The molecule has 0 aliphatic rings. The van der Waals surface area contributed by atoms with E-state index < -0.39 is 0 Å². The van der Waals surface area contributed by atoms with E-state index in [4.69, 9.17) is 0 Å². The van der Waals surface area contributed by atoms with E-state index in [1.54, 1.807) is 36.2 Å². The molecule has 0 N–H and O–H groups in total. The zero-order valence-corrected chi connectivity index (χ0v) is 16.0. The van der Waals surface area contributed by atoms with Crippen molar-refractivity contribution in [1.29, 1.82) is 0 Å². The zero-order chi connectivity index (χ0) is 19.4. The SMILES string of the molecule is CCN(CC)C(=O)CN(C)C(=O)c1nn(C(C)C)c(=O)c2ccccc12. The van der Waals surface area contributed by atoms with Gasteiger partial charge in [-0.05, 0) is 33.8 Å². The maximum Gasteiger partial charge on any atom is 0.275 e. The van der Waals surface area contributed by atoms with Crippen LogP contribution in [0.3, 0.4) is 0 Å². The molecule has 0 saturated carbocycles. The molecule has 7 nitrogen and oxygen atoms in total. The average molecular weight is 358 g/mol. The van der Waals surface area contributed by atoms with Crippen LogP contribution in [0.2, 0.25) is 0 Å². The first-order chi connectivity index (χ1) is 12.3. The summed E-state index contributed by atoms with van der Waals surface area (Å²) in [7, 11) is 1.57. The Morgan fingerprint density at radius 3 is 2.23 bits per heavy atom. The Kier molecular flexibility index (Phi) is 6.13. The molecule has 0 fully saturated rings. The Balaban J connectivity index is 2.45. The number of amides is 2. The molecule has 0 aliphatic heterocycles. The standard InChI is InChI=1S/C19H26N4O3/c1-6-22(7-2)16(24)12-21(5)19(26)17-14-10-8-9-11-15(14)18(25)23(20-17)13(3)4/h8-11,13H,6-7,12H2,1-5H3. The average Bonchev–Trinajstić information content (AvgIpc) is 2.62. The third-order valence-corrected chi connectivity index (χ3v) is 4.36. The number of rotatable bonds is 6. The first-order valence-corrected chi connectivity index (χ1v) is 8.86. The van der Waals surface area contributed by atoms with Gasteiger partial charge in [0.25, 0.3) is 11.5 Å². The number of carbonyl (C=O) groups excluding carboxylic acids is 2. The molecule has 2 amide bonds. The highest BCUT2D eigenvalue weighted by molar-refractivity contribution is 6.05. The molecule has 2 aromatic rings. The highest BCUT2D eigenvalue weighted by Crippen LogP contribution is 2.16. The van der Waals surface area contributed by atoms with Crippen LogP contribution in [-0.4, -0.2) is 58.1 Å². The summed E-state index contributed by atoms with van der Waals surface area (Å²) in [5.74, 6) is -0.497. The van der Waals surface area contributed by atoms with Crippen molar-refractivity contribution in [3.63, 3.8) is 0 Å². The van der Waals surface area contributed by atoms with Crippen molar-refractivity contribution in [1.82, 2.24) is 19.6 Å². The van der Waals surface area contributed by atoms with Crippen LogP contribution in [0, 0.1) is 0 Å². The van der Waals surface area contributed by atoms with Crippen molar-refractivity contribution in [2.24, 2.45) is 0 Å². The lowest BCUT2D eigenvalue weighted by Gasteiger charge is -2.23. The molecule has 0 spiro atoms. The molecule has 7 heteroatoms. The number of benzene rings is 1. The molecule has 1 heterocycles. The smallest absolute Gasteiger partial charge is 0.275 e. The van der Waals surface area contributed by atoms with E-state index in [0.29, 0.717) is 23.9 Å². The quantitative estimate of drug-likeness (QED) is 0.791. The van der Waals surface area contributed by atoms with Crippen LogP contribution in [0.4, 0.5) is 0 Å². The predicted molar refractivity (Wildman–Crippen MR) is 101 cm³/mol. The summed E-state index contributed by atoms with van der Waals surface area (Å²) in [6.07, 6.45) is 0. The van der Waals surface area contributed by atoms with Crippen LogP contribution in [0.25, 0.3) is 10.8 Å². The van der Waals surface area contributed by atoms with E-state index in [1.165, 1.54) is 9.58 Å². The lowest BCUT2D eigenvalue weighted by molar-refractivity contribution is -0.131. The fourth-order valence-electron chi connectivity index (χ4n) is 2.85. The molecular weight excluding hydrogens is 332 g/mol. The molecular formula is C19H26N4O3. The molecule has 0 saturated heterocycles. The number of aromatic nitrogens is 2. The molecule has 1 aromatic carbocycles. The molecule has 0 unspecified atom stereocenters. The summed E-state index contributed by atoms with van der Waals surface area (Å²) in [6, 6.07) is 6.75. The normalized spacial score (nSPS) is 11.0. The summed E-state index contributed by atoms with van der Waals surface area (Å²) < 4.78 is 1.32. The largest absolute Gasteiger partial charge is 0.342 e. The maximum absolute atomic E-state index is 13.0. The lowest BCUT2D eigenvalue weighted by Crippen LogP contribution is -2.41. The third-order valence-electron chi connectivity index (χ3n) is 4.36. The molecule has 1 aromatic heterocycles. The van der Waals surface area contributed by atoms with Gasteiger partial charge in [-0.2, -0.15) is 5.10 Å². The van der Waals surface area contributed by atoms with Gasteiger partial charge < -0.3 is 9.80 Å². The Morgan fingerprint density at radius 1 is 1.12 bits per heavy atom. The third kappa shape index (κ3) is 3.76. The Hall–Kier alpha value is -2.70. The number of hydrogen-bond acceptors (Lipinski definition) is 4. The molecule has 0 bridgehead atoms. The van der Waals surface area contributed by atoms with E-state index >= 15 is 0 Å². The van der Waals surface area contributed by atoms with Crippen LogP contribution in [-0.2, 0) is 4.79 Å². The first-order valence-electron chi connectivity index (χ1n) is 8.86. The number of carbonyl (C=O) groups is 2. The maximum atomic E-state index is 13.0. The summed E-state index contributed by atoms with van der Waals surface area (Å²) in [4.78, 5) is 40.9. The Morgan fingerprint density at radius 2 is 1.69 bits per heavy atom. The first kappa shape index (κ1) is 19.6. The minimum Gasteiger partial charge on any atom is -0.342 e. The van der Waals surface area contributed by atoms with Crippen LogP contribution in [0.1, 0.15) is 44.2 Å². The van der Waals surface area contributed by atoms with Crippen LogP contribution >= 0.6 is 0 Å². The van der Waals surface area contributed by atoms with Gasteiger partial charge in [0.1, 0.15) is 0 Å². The van der Waals surface area contributed by atoms with Gasteiger partial charge in [0.2, 0.25) is 5.91 Å². The Labute approximate surface area is 153 Å². The molecule has 0 aliphatic carbocycles. The summed E-state index contributed by atoms with van der Waals surface area (Å²) in [5, 5.41) is 5.25. The van der Waals surface area contributed by atoms with Gasteiger partial charge in [0, 0.05) is 25.5 Å². The molecule has 0 atom stereocenters. The van der Waals surface area contributed by atoms with Crippen molar-refractivity contribution in [3.8, 4) is 0 Å². The van der Waals surface area contributed by atoms with Gasteiger partial charge in [-0.15, -0.1) is 0 Å². The van der Waals surface area contributed by atoms with E-state index in [-0.39, 0.29) is 35.7 Å². The van der Waals surface area contributed by atoms with Crippen molar-refractivity contribution in [2.45, 2.75) is 33.7 Å². The minimum absolute atomic E-state index is 0.0304. The summed E-state index contributed by atoms with van der Waals surface area (Å²) >= 11 is 0. The predicted octanol–water partition coefficient (Wildman–Crippen LogP) is 1.92. The van der Waals surface area contributed by atoms with Crippen LogP contribution in [0.5, 0.6) is 0 Å². The van der Waals surface area contributed by atoms with Crippen molar-refractivity contribution in [2.75, 3.05) is 26.7 Å². The number of fused-ring (bicyclic) bond motifs is 1. The van der Waals surface area contributed by atoms with Crippen molar-refractivity contribution in [3.05, 3.63) is 40.3 Å². The zero-order valence-electron chi connectivity index (χ0n) is 16.0. The number of hydrogen-bond donors (Lipinski definition) is 0. The lowest BCUT2D eigenvalue weighted by atomic mass is 10.1. The van der Waals surface area contributed by atoms with E-state index in [0.717, 1.165) is 0 Å². The van der Waals surface area contributed by atoms with E-state index in [1.807, 2.05) is 27.7 Å². The van der Waals surface area contributed by atoms with Gasteiger partial charge in [-0.3, -0.25) is 14.4 Å². The second-order valence-corrected chi connectivity index (χ2v) is 6.46. The molecule has 0 radical (unpaired) electrons. The monoisotopic (exact) mass is 358 g/mol. The number of likely N-dealkylation sites (N-methyl/N-ethyl adjacent to an activating group) is 2. The topological polar surface area (TPSA) is 75.5 Å². The van der Waals surface area contributed by atoms with Crippen molar-refractivity contribution < 1.29 is 9.59 Å². The van der Waals surface area contributed by atoms with Gasteiger partial charge >= 0.3 is 0 Å². The van der Waals surface area contributed by atoms with Gasteiger partial charge in [0.15, 0.2) is 5.69 Å². The Bertz CT molecular complexity index is 869. The highest BCUT2D eigenvalue weighted by atomic mass is 16.2.